The molecule has 1 unspecified atom stereocenters. The van der Waals surface area contributed by atoms with E-state index in [4.69, 9.17) is 4.74 Å². The quantitative estimate of drug-likeness (QED) is 0.634. The molecule has 3 amide bonds. The highest BCUT2D eigenvalue weighted by atomic mass is 32.2. The molecule has 1 aliphatic rings. The topological polar surface area (TPSA) is 114 Å². The van der Waals surface area contributed by atoms with Crippen LogP contribution >= 0.6 is 0 Å². The number of aryl methyl sites for hydroxylation is 1. The number of carbonyl (C=O) groups excluding carboxylic acids is 2. The number of imide groups is 1. The number of urea groups is 1. The van der Waals surface area contributed by atoms with Gasteiger partial charge in [0, 0.05) is 6.54 Å². The van der Waals surface area contributed by atoms with Crippen LogP contribution in [0.3, 0.4) is 0 Å². The molecule has 1 atom stereocenters. The summed E-state index contributed by atoms with van der Waals surface area (Å²) in [6.45, 7) is 1.51. The van der Waals surface area contributed by atoms with Gasteiger partial charge in [0.1, 0.15) is 16.7 Å². The van der Waals surface area contributed by atoms with Gasteiger partial charge in [0.15, 0.2) is 0 Å². The maximum absolute atomic E-state index is 12.3. The zero-order chi connectivity index (χ0) is 15.6. The lowest BCUT2D eigenvalue weighted by molar-refractivity contribution is -0.120. The summed E-state index contributed by atoms with van der Waals surface area (Å²) < 4.78 is 31.9. The Morgan fingerprint density at radius 3 is 2.62 bits per heavy atom. The number of hydrogen-bond acceptors (Lipinski definition) is 5. The maximum atomic E-state index is 12.3. The van der Waals surface area contributed by atoms with Gasteiger partial charge >= 0.3 is 6.03 Å². The number of carbonyl (C=O) groups is 2. The molecule has 0 aromatic heterocycles. The summed E-state index contributed by atoms with van der Waals surface area (Å²) in [5.74, 6) is -0.369. The molecule has 1 aliphatic heterocycles. The van der Waals surface area contributed by atoms with Crippen LogP contribution in [0.5, 0.6) is 5.75 Å². The fourth-order valence-electron chi connectivity index (χ4n) is 1.87. The highest BCUT2D eigenvalue weighted by Crippen LogP contribution is 2.24. The van der Waals surface area contributed by atoms with Gasteiger partial charge in [0.25, 0.3) is 5.91 Å². The molecule has 21 heavy (non-hydrogen) atoms. The highest BCUT2D eigenvalue weighted by molar-refractivity contribution is 7.89. The number of nitrogens with one attached hydrogen (secondary N) is 3. The van der Waals surface area contributed by atoms with Crippen molar-refractivity contribution in [2.24, 2.45) is 0 Å². The normalized spacial score (nSPS) is 18.3. The first-order valence-electron chi connectivity index (χ1n) is 6.09. The van der Waals surface area contributed by atoms with E-state index in [-0.39, 0.29) is 17.2 Å². The number of amides is 3. The minimum atomic E-state index is -3.86. The predicted molar refractivity (Wildman–Crippen MR) is 73.4 cm³/mol. The lowest BCUT2D eigenvalue weighted by Crippen LogP contribution is -2.41. The third-order valence-electron chi connectivity index (χ3n) is 2.94. The molecule has 0 spiro atoms. The molecule has 1 aromatic rings. The average molecular weight is 313 g/mol. The first-order chi connectivity index (χ1) is 9.83. The van der Waals surface area contributed by atoms with Crippen molar-refractivity contribution in [2.75, 3.05) is 13.7 Å². The molecule has 1 heterocycles. The van der Waals surface area contributed by atoms with Crippen molar-refractivity contribution in [2.45, 2.75) is 17.9 Å². The van der Waals surface area contributed by atoms with Gasteiger partial charge in [-0.1, -0.05) is 6.07 Å². The molecule has 1 saturated heterocycles. The Morgan fingerprint density at radius 2 is 2.05 bits per heavy atom. The molecule has 0 bridgehead atoms. The first-order valence-corrected chi connectivity index (χ1v) is 7.57. The predicted octanol–water partition coefficient (Wildman–Crippen LogP) is -0.510. The smallest absolute Gasteiger partial charge is 0.322 e. The van der Waals surface area contributed by atoms with E-state index in [1.54, 1.807) is 19.1 Å². The van der Waals surface area contributed by atoms with Gasteiger partial charge in [-0.2, -0.15) is 0 Å². The summed E-state index contributed by atoms with van der Waals surface area (Å²) in [5.41, 5.74) is 0.753. The van der Waals surface area contributed by atoms with Crippen LogP contribution in [0, 0.1) is 6.92 Å². The Hall–Kier alpha value is -2.13. The van der Waals surface area contributed by atoms with Crippen molar-refractivity contribution in [1.29, 1.82) is 0 Å². The molecule has 9 heteroatoms. The van der Waals surface area contributed by atoms with E-state index in [2.05, 4.69) is 10.0 Å². The van der Waals surface area contributed by atoms with Crippen LogP contribution in [0.1, 0.15) is 5.56 Å². The lowest BCUT2D eigenvalue weighted by atomic mass is 10.2. The Balaban J connectivity index is 2.17. The minimum Gasteiger partial charge on any atom is -0.495 e. The third kappa shape index (κ3) is 3.31. The fourth-order valence-corrected chi connectivity index (χ4v) is 3.17. The van der Waals surface area contributed by atoms with Gasteiger partial charge in [-0.3, -0.25) is 10.1 Å². The van der Waals surface area contributed by atoms with Crippen LogP contribution in [0.4, 0.5) is 4.79 Å². The Morgan fingerprint density at radius 1 is 1.33 bits per heavy atom. The minimum absolute atomic E-state index is 0.0188. The second-order valence-corrected chi connectivity index (χ2v) is 6.26. The highest BCUT2D eigenvalue weighted by Gasteiger charge is 2.31. The van der Waals surface area contributed by atoms with Gasteiger partial charge in [-0.25, -0.2) is 17.9 Å². The van der Waals surface area contributed by atoms with E-state index in [0.29, 0.717) is 0 Å². The summed E-state index contributed by atoms with van der Waals surface area (Å²) >= 11 is 0. The zero-order valence-corrected chi connectivity index (χ0v) is 12.3. The van der Waals surface area contributed by atoms with Crippen LogP contribution < -0.4 is 20.1 Å². The van der Waals surface area contributed by atoms with Gasteiger partial charge in [0.05, 0.1) is 7.11 Å². The van der Waals surface area contributed by atoms with Gasteiger partial charge < -0.3 is 10.1 Å². The van der Waals surface area contributed by atoms with Crippen molar-refractivity contribution >= 4 is 22.0 Å². The van der Waals surface area contributed by atoms with Crippen LogP contribution in [0.2, 0.25) is 0 Å². The summed E-state index contributed by atoms with van der Waals surface area (Å²) in [6.07, 6.45) is 0. The molecule has 0 radical (unpaired) electrons. The number of sulfonamides is 1. The SMILES string of the molecule is COc1ccc(C)cc1S(=O)(=O)NCC1NC(=O)NC1=O. The molecular weight excluding hydrogens is 298 g/mol. The maximum Gasteiger partial charge on any atom is 0.322 e. The molecule has 3 N–H and O–H groups in total. The molecule has 8 nitrogen and oxygen atoms in total. The van der Waals surface area contributed by atoms with Crippen molar-refractivity contribution in [3.05, 3.63) is 23.8 Å². The van der Waals surface area contributed by atoms with Crippen LogP contribution in [0.15, 0.2) is 23.1 Å². The van der Waals surface area contributed by atoms with Crippen molar-refractivity contribution in [3.8, 4) is 5.75 Å². The average Bonchev–Trinajstić information content (AvgIpc) is 2.75. The molecule has 0 saturated carbocycles. The summed E-state index contributed by atoms with van der Waals surface area (Å²) in [6, 6.07) is 3.17. The molecule has 2 rings (SSSR count). The van der Waals surface area contributed by atoms with Crippen LogP contribution in [-0.4, -0.2) is 40.1 Å². The summed E-state index contributed by atoms with van der Waals surface area (Å²) in [4.78, 5) is 22.3. The molecule has 0 aliphatic carbocycles. The number of ether oxygens (including phenoxy) is 1. The zero-order valence-electron chi connectivity index (χ0n) is 11.5. The number of rotatable bonds is 5. The number of benzene rings is 1. The second-order valence-electron chi connectivity index (χ2n) is 4.52. The Bertz CT molecular complexity index is 686. The van der Waals surface area contributed by atoms with E-state index in [1.165, 1.54) is 13.2 Å². The van der Waals surface area contributed by atoms with E-state index >= 15 is 0 Å². The molecular formula is C12H15N3O5S. The number of methoxy groups -OCH3 is 1. The molecule has 1 aromatic carbocycles. The van der Waals surface area contributed by atoms with Crippen molar-refractivity contribution < 1.29 is 22.7 Å². The molecule has 1 fully saturated rings. The Labute approximate surface area is 121 Å². The monoisotopic (exact) mass is 313 g/mol. The summed E-state index contributed by atoms with van der Waals surface area (Å²) in [5, 5.41) is 4.34. The Kier molecular flexibility index (Phi) is 4.14. The van der Waals surface area contributed by atoms with Gasteiger partial charge in [0.2, 0.25) is 10.0 Å². The van der Waals surface area contributed by atoms with E-state index < -0.39 is 28.0 Å². The number of hydrogen-bond donors (Lipinski definition) is 3. The largest absolute Gasteiger partial charge is 0.495 e. The van der Waals surface area contributed by atoms with Crippen molar-refractivity contribution in [3.63, 3.8) is 0 Å². The van der Waals surface area contributed by atoms with E-state index in [1.807, 2.05) is 5.32 Å². The van der Waals surface area contributed by atoms with E-state index in [9.17, 15) is 18.0 Å². The first kappa shape index (κ1) is 15.3. The third-order valence-corrected chi connectivity index (χ3v) is 4.39. The van der Waals surface area contributed by atoms with Gasteiger partial charge in [-0.15, -0.1) is 0 Å². The molecule has 114 valence electrons. The second kappa shape index (κ2) is 5.70. The standard InChI is InChI=1S/C12H15N3O5S/c1-7-3-4-9(20-2)10(5-7)21(18,19)13-6-8-11(16)15-12(17)14-8/h3-5,8,13H,6H2,1-2H3,(H2,14,15,16,17). The van der Waals surface area contributed by atoms with Crippen LogP contribution in [0.25, 0.3) is 0 Å². The lowest BCUT2D eigenvalue weighted by Gasteiger charge is -2.13. The van der Waals surface area contributed by atoms with Crippen molar-refractivity contribution in [1.82, 2.24) is 15.4 Å². The summed E-state index contributed by atoms with van der Waals surface area (Å²) in [7, 11) is -2.49. The van der Waals surface area contributed by atoms with Gasteiger partial charge in [-0.05, 0) is 24.6 Å². The van der Waals surface area contributed by atoms with Crippen LogP contribution in [-0.2, 0) is 14.8 Å². The fraction of sp³-hybridized carbons (Fsp3) is 0.333. The van der Waals surface area contributed by atoms with E-state index in [0.717, 1.165) is 5.56 Å².